The molecule has 8 heteroatoms. The lowest BCUT2D eigenvalue weighted by molar-refractivity contribution is -0.128. The molecule has 144 valence electrons. The van der Waals surface area contributed by atoms with Gasteiger partial charge in [-0.05, 0) is 29.8 Å². The van der Waals surface area contributed by atoms with Crippen LogP contribution < -0.4 is 16.2 Å². The van der Waals surface area contributed by atoms with Gasteiger partial charge in [-0.15, -0.1) is 11.3 Å². The molecule has 0 aliphatic heterocycles. The van der Waals surface area contributed by atoms with E-state index >= 15 is 0 Å². The zero-order valence-corrected chi connectivity index (χ0v) is 16.2. The molecule has 1 aromatic carbocycles. The number of amides is 3. The molecule has 0 radical (unpaired) electrons. The maximum absolute atomic E-state index is 13.0. The lowest BCUT2D eigenvalue weighted by atomic mass is 9.96. The minimum Gasteiger partial charge on any atom is -0.355 e. The van der Waals surface area contributed by atoms with E-state index in [0.29, 0.717) is 4.88 Å². The molecule has 0 unspecified atom stereocenters. The number of nitrogens with one attached hydrogen (secondary N) is 3. The molecular weight excluding hydrogens is 369 g/mol. The van der Waals surface area contributed by atoms with Crippen molar-refractivity contribution in [2.75, 3.05) is 6.54 Å². The van der Waals surface area contributed by atoms with Crippen molar-refractivity contribution in [3.05, 3.63) is 47.1 Å². The van der Waals surface area contributed by atoms with Gasteiger partial charge in [0.2, 0.25) is 11.8 Å². The van der Waals surface area contributed by atoms with Gasteiger partial charge < -0.3 is 5.32 Å². The van der Waals surface area contributed by atoms with Gasteiger partial charge in [0.25, 0.3) is 5.91 Å². The molecule has 0 atom stereocenters. The minimum atomic E-state index is -0.522. The van der Waals surface area contributed by atoms with Crippen molar-refractivity contribution in [3.8, 4) is 10.4 Å². The van der Waals surface area contributed by atoms with Crippen molar-refractivity contribution in [2.45, 2.75) is 27.2 Å². The molecule has 3 N–H and O–H groups in total. The van der Waals surface area contributed by atoms with Crippen LogP contribution in [0, 0.1) is 11.2 Å². The fourth-order valence-corrected chi connectivity index (χ4v) is 2.94. The third-order valence-corrected chi connectivity index (χ3v) is 4.73. The standard InChI is InChI=1S/C19H22FN3O3S/c1-19(2,3)18(26)21-11-10-16(24)22-23-17(25)15-9-8-14(27-15)12-4-6-13(20)7-5-12/h4-9H,10-11H2,1-3H3,(H,21,26)(H,22,24)(H,23,25). The van der Waals surface area contributed by atoms with E-state index in [1.807, 2.05) is 0 Å². The van der Waals surface area contributed by atoms with Crippen LogP contribution in [-0.2, 0) is 9.59 Å². The number of benzene rings is 1. The lowest BCUT2D eigenvalue weighted by Gasteiger charge is -2.17. The highest BCUT2D eigenvalue weighted by Gasteiger charge is 2.20. The third kappa shape index (κ3) is 6.18. The second-order valence-electron chi connectivity index (χ2n) is 6.93. The fourth-order valence-electron chi connectivity index (χ4n) is 2.03. The Bertz CT molecular complexity index is 825. The molecule has 1 aromatic heterocycles. The average molecular weight is 391 g/mol. The van der Waals surface area contributed by atoms with Gasteiger partial charge in [-0.3, -0.25) is 25.2 Å². The molecule has 2 rings (SSSR count). The second-order valence-corrected chi connectivity index (χ2v) is 8.01. The predicted molar refractivity (Wildman–Crippen MR) is 102 cm³/mol. The second kappa shape index (κ2) is 8.77. The number of carbonyl (C=O) groups excluding carboxylic acids is 3. The summed E-state index contributed by atoms with van der Waals surface area (Å²) in [5, 5.41) is 2.66. The van der Waals surface area contributed by atoms with E-state index in [0.717, 1.165) is 10.4 Å². The first kappa shape index (κ1) is 20.6. The molecule has 0 spiro atoms. The molecular formula is C19H22FN3O3S. The van der Waals surface area contributed by atoms with Crippen molar-refractivity contribution in [2.24, 2.45) is 5.41 Å². The van der Waals surface area contributed by atoms with Crippen LogP contribution in [0.2, 0.25) is 0 Å². The van der Waals surface area contributed by atoms with E-state index < -0.39 is 17.2 Å². The maximum atomic E-state index is 13.0. The van der Waals surface area contributed by atoms with E-state index in [2.05, 4.69) is 16.2 Å². The zero-order chi connectivity index (χ0) is 20.0. The van der Waals surface area contributed by atoms with Gasteiger partial charge in [0.1, 0.15) is 5.82 Å². The highest BCUT2D eigenvalue weighted by atomic mass is 32.1. The molecule has 0 aliphatic rings. The number of rotatable bonds is 5. The Morgan fingerprint density at radius 3 is 2.30 bits per heavy atom. The van der Waals surface area contributed by atoms with E-state index in [9.17, 15) is 18.8 Å². The number of thiophene rings is 1. The van der Waals surface area contributed by atoms with E-state index in [1.165, 1.54) is 23.5 Å². The average Bonchev–Trinajstić information content (AvgIpc) is 3.09. The predicted octanol–water partition coefficient (Wildman–Crippen LogP) is 2.87. The monoisotopic (exact) mass is 391 g/mol. The summed E-state index contributed by atoms with van der Waals surface area (Å²) in [4.78, 5) is 36.8. The largest absolute Gasteiger partial charge is 0.355 e. The molecule has 0 aliphatic carbocycles. The van der Waals surface area contributed by atoms with Gasteiger partial charge in [-0.2, -0.15) is 0 Å². The van der Waals surface area contributed by atoms with E-state index in [4.69, 9.17) is 0 Å². The molecule has 1 heterocycles. The van der Waals surface area contributed by atoms with Gasteiger partial charge >= 0.3 is 0 Å². The number of carbonyl (C=O) groups is 3. The maximum Gasteiger partial charge on any atom is 0.279 e. The Balaban J connectivity index is 1.79. The van der Waals surface area contributed by atoms with Crippen LogP contribution in [0.1, 0.15) is 36.9 Å². The Kier molecular flexibility index (Phi) is 6.68. The molecule has 0 saturated carbocycles. The molecule has 27 heavy (non-hydrogen) atoms. The van der Waals surface area contributed by atoms with Crippen LogP contribution in [-0.4, -0.2) is 24.3 Å². The number of hydrazine groups is 1. The first-order valence-electron chi connectivity index (χ1n) is 8.40. The topological polar surface area (TPSA) is 87.3 Å². The normalized spacial score (nSPS) is 11.0. The quantitative estimate of drug-likeness (QED) is 0.685. The van der Waals surface area contributed by atoms with Crippen LogP contribution in [0.25, 0.3) is 10.4 Å². The van der Waals surface area contributed by atoms with E-state index in [-0.39, 0.29) is 24.7 Å². The summed E-state index contributed by atoms with van der Waals surface area (Å²) < 4.78 is 13.0. The number of hydrogen-bond donors (Lipinski definition) is 3. The van der Waals surface area contributed by atoms with Gasteiger partial charge in [-0.25, -0.2) is 4.39 Å². The van der Waals surface area contributed by atoms with Crippen molar-refractivity contribution < 1.29 is 18.8 Å². The van der Waals surface area contributed by atoms with Gasteiger partial charge in [0.05, 0.1) is 4.88 Å². The molecule has 0 fully saturated rings. The summed E-state index contributed by atoms with van der Waals surface area (Å²) in [7, 11) is 0. The summed E-state index contributed by atoms with van der Waals surface area (Å²) in [6.07, 6.45) is 0.0490. The first-order valence-corrected chi connectivity index (χ1v) is 9.22. The summed E-state index contributed by atoms with van der Waals surface area (Å²) in [5.41, 5.74) is 4.94. The summed E-state index contributed by atoms with van der Waals surface area (Å²) >= 11 is 1.23. The van der Waals surface area contributed by atoms with Crippen molar-refractivity contribution >= 4 is 29.1 Å². The van der Waals surface area contributed by atoms with E-state index in [1.54, 1.807) is 45.0 Å². The van der Waals surface area contributed by atoms with Crippen molar-refractivity contribution in [1.29, 1.82) is 0 Å². The lowest BCUT2D eigenvalue weighted by Crippen LogP contribution is -2.43. The minimum absolute atomic E-state index is 0.0490. The summed E-state index contributed by atoms with van der Waals surface area (Å²) in [6, 6.07) is 9.37. The van der Waals surface area contributed by atoms with Crippen LogP contribution in [0.15, 0.2) is 36.4 Å². The van der Waals surface area contributed by atoms with Gasteiger partial charge in [-0.1, -0.05) is 32.9 Å². The SMILES string of the molecule is CC(C)(C)C(=O)NCCC(=O)NNC(=O)c1ccc(-c2ccc(F)cc2)s1. The van der Waals surface area contributed by atoms with Crippen LogP contribution in [0.3, 0.4) is 0 Å². The first-order chi connectivity index (χ1) is 12.7. The number of halogens is 1. The molecule has 0 saturated heterocycles. The highest BCUT2D eigenvalue weighted by Crippen LogP contribution is 2.28. The van der Waals surface area contributed by atoms with Crippen molar-refractivity contribution in [1.82, 2.24) is 16.2 Å². The van der Waals surface area contributed by atoms with Crippen LogP contribution in [0.5, 0.6) is 0 Å². The molecule has 2 aromatic rings. The summed E-state index contributed by atoms with van der Waals surface area (Å²) in [6.45, 7) is 5.53. The number of hydrogen-bond acceptors (Lipinski definition) is 4. The third-order valence-electron chi connectivity index (χ3n) is 3.59. The highest BCUT2D eigenvalue weighted by molar-refractivity contribution is 7.17. The van der Waals surface area contributed by atoms with Gasteiger partial charge in [0.15, 0.2) is 0 Å². The Morgan fingerprint density at radius 1 is 1.00 bits per heavy atom. The van der Waals surface area contributed by atoms with Crippen LogP contribution >= 0.6 is 11.3 Å². The Hall–Kier alpha value is -2.74. The van der Waals surface area contributed by atoms with Gasteiger partial charge in [0, 0.05) is 23.3 Å². The smallest absolute Gasteiger partial charge is 0.279 e. The molecule has 3 amide bonds. The molecule has 6 nitrogen and oxygen atoms in total. The summed E-state index contributed by atoms with van der Waals surface area (Å²) in [5.74, 6) is -1.32. The van der Waals surface area contributed by atoms with Crippen LogP contribution in [0.4, 0.5) is 4.39 Å². The molecule has 0 bridgehead atoms. The Labute approximate surface area is 161 Å². The fraction of sp³-hybridized carbons (Fsp3) is 0.316. The Morgan fingerprint density at radius 2 is 1.67 bits per heavy atom. The zero-order valence-electron chi connectivity index (χ0n) is 15.4. The van der Waals surface area contributed by atoms with Crippen molar-refractivity contribution in [3.63, 3.8) is 0 Å².